The maximum absolute atomic E-state index is 13.1. The first-order chi connectivity index (χ1) is 9.47. The van der Waals surface area contributed by atoms with E-state index in [0.717, 1.165) is 25.0 Å². The number of carbonyl (C=O) groups excluding carboxylic acids is 1. The van der Waals surface area contributed by atoms with E-state index < -0.39 is 11.8 Å². The molecule has 1 saturated carbocycles. The maximum Gasteiger partial charge on any atom is 0.337 e. The van der Waals surface area contributed by atoms with Gasteiger partial charge >= 0.3 is 5.97 Å². The van der Waals surface area contributed by atoms with Gasteiger partial charge in [0.1, 0.15) is 5.82 Å². The molecule has 0 unspecified atom stereocenters. The smallest absolute Gasteiger partial charge is 0.337 e. The fourth-order valence-electron chi connectivity index (χ4n) is 2.42. The summed E-state index contributed by atoms with van der Waals surface area (Å²) in [5, 5.41) is 11.6. The van der Waals surface area contributed by atoms with Crippen LogP contribution in [0.5, 0.6) is 0 Å². The van der Waals surface area contributed by atoms with Crippen molar-refractivity contribution in [3.8, 4) is 0 Å². The van der Waals surface area contributed by atoms with Crippen LogP contribution in [-0.2, 0) is 4.79 Å². The molecule has 4 N–H and O–H groups in total. The Morgan fingerprint density at radius 1 is 1.25 bits per heavy atom. The Labute approximate surface area is 116 Å². The van der Waals surface area contributed by atoms with E-state index in [1.165, 1.54) is 6.07 Å². The van der Waals surface area contributed by atoms with Gasteiger partial charge in [-0.1, -0.05) is 0 Å². The number of carboxylic acid groups (broad SMARTS) is 1. The van der Waals surface area contributed by atoms with Crippen molar-refractivity contribution in [2.75, 3.05) is 5.32 Å². The van der Waals surface area contributed by atoms with Gasteiger partial charge in [0.05, 0.1) is 11.3 Å². The molecule has 6 heteroatoms. The summed E-state index contributed by atoms with van der Waals surface area (Å²) in [5.41, 5.74) is 5.66. The first-order valence-electron chi connectivity index (χ1n) is 6.56. The second-order valence-corrected chi connectivity index (χ2v) is 5.10. The molecule has 0 saturated heterocycles. The van der Waals surface area contributed by atoms with E-state index in [9.17, 15) is 14.0 Å². The van der Waals surface area contributed by atoms with Crippen LogP contribution < -0.4 is 11.1 Å². The van der Waals surface area contributed by atoms with Crippen LogP contribution in [0, 0.1) is 11.7 Å². The zero-order valence-electron chi connectivity index (χ0n) is 10.9. The van der Waals surface area contributed by atoms with E-state index in [2.05, 4.69) is 5.32 Å². The molecule has 1 aliphatic carbocycles. The molecule has 0 atom stereocenters. The molecule has 0 radical (unpaired) electrons. The van der Waals surface area contributed by atoms with Crippen molar-refractivity contribution in [3.05, 3.63) is 29.6 Å². The van der Waals surface area contributed by atoms with Crippen LogP contribution in [0.15, 0.2) is 18.2 Å². The molecule has 2 rings (SSSR count). The Hall–Kier alpha value is -1.95. The van der Waals surface area contributed by atoms with Gasteiger partial charge < -0.3 is 16.2 Å². The minimum Gasteiger partial charge on any atom is -0.478 e. The Morgan fingerprint density at radius 3 is 2.50 bits per heavy atom. The lowest BCUT2D eigenvalue weighted by Crippen LogP contribution is -2.32. The van der Waals surface area contributed by atoms with Gasteiger partial charge in [-0.25, -0.2) is 9.18 Å². The number of amides is 1. The molecule has 1 aliphatic rings. The molecule has 0 spiro atoms. The third kappa shape index (κ3) is 3.33. The summed E-state index contributed by atoms with van der Waals surface area (Å²) in [5.74, 6) is -2.32. The number of halogens is 1. The van der Waals surface area contributed by atoms with Crippen molar-refractivity contribution < 1.29 is 19.1 Å². The lowest BCUT2D eigenvalue weighted by atomic mass is 9.86. The second kappa shape index (κ2) is 6.00. The summed E-state index contributed by atoms with van der Waals surface area (Å²) >= 11 is 0. The average molecular weight is 280 g/mol. The van der Waals surface area contributed by atoms with Crippen molar-refractivity contribution in [1.29, 1.82) is 0 Å². The predicted octanol–water partition coefficient (Wildman–Crippen LogP) is 1.98. The molecular weight excluding hydrogens is 263 g/mol. The molecular formula is C14H17FN2O3. The van der Waals surface area contributed by atoms with Crippen LogP contribution in [0.25, 0.3) is 0 Å². The number of carboxylic acids is 1. The van der Waals surface area contributed by atoms with Crippen LogP contribution in [0.1, 0.15) is 36.0 Å². The van der Waals surface area contributed by atoms with Gasteiger partial charge in [-0.3, -0.25) is 4.79 Å². The minimum absolute atomic E-state index is 0.124. The Morgan fingerprint density at radius 2 is 1.90 bits per heavy atom. The average Bonchev–Trinajstić information content (AvgIpc) is 2.41. The summed E-state index contributed by atoms with van der Waals surface area (Å²) < 4.78 is 13.1. The van der Waals surface area contributed by atoms with Gasteiger partial charge in [0, 0.05) is 12.0 Å². The summed E-state index contributed by atoms with van der Waals surface area (Å²) in [4.78, 5) is 23.1. The quantitative estimate of drug-likeness (QED) is 0.789. The van der Waals surface area contributed by atoms with E-state index in [0.29, 0.717) is 12.8 Å². The van der Waals surface area contributed by atoms with E-state index in [4.69, 9.17) is 10.8 Å². The second-order valence-electron chi connectivity index (χ2n) is 5.10. The predicted molar refractivity (Wildman–Crippen MR) is 71.9 cm³/mol. The third-order valence-electron chi connectivity index (χ3n) is 3.61. The zero-order valence-corrected chi connectivity index (χ0v) is 10.9. The lowest BCUT2D eigenvalue weighted by Gasteiger charge is -2.25. The number of benzene rings is 1. The zero-order chi connectivity index (χ0) is 14.7. The largest absolute Gasteiger partial charge is 0.478 e. The van der Waals surface area contributed by atoms with Crippen LogP contribution in [0.2, 0.25) is 0 Å². The lowest BCUT2D eigenvalue weighted by molar-refractivity contribution is -0.120. The highest BCUT2D eigenvalue weighted by Gasteiger charge is 2.25. The van der Waals surface area contributed by atoms with Crippen LogP contribution in [-0.4, -0.2) is 23.0 Å². The van der Waals surface area contributed by atoms with Crippen molar-refractivity contribution in [2.24, 2.45) is 11.7 Å². The van der Waals surface area contributed by atoms with E-state index in [1.807, 2.05) is 0 Å². The van der Waals surface area contributed by atoms with Gasteiger partial charge in [-0.05, 0) is 43.9 Å². The highest BCUT2D eigenvalue weighted by atomic mass is 19.1. The molecule has 20 heavy (non-hydrogen) atoms. The molecule has 1 amide bonds. The third-order valence-corrected chi connectivity index (χ3v) is 3.61. The molecule has 108 valence electrons. The number of hydrogen-bond donors (Lipinski definition) is 3. The van der Waals surface area contributed by atoms with Gasteiger partial charge in [0.25, 0.3) is 0 Å². The fraction of sp³-hybridized carbons (Fsp3) is 0.429. The Bertz CT molecular complexity index is 525. The van der Waals surface area contributed by atoms with Gasteiger partial charge in [0.15, 0.2) is 0 Å². The first kappa shape index (κ1) is 14.5. The molecule has 0 aliphatic heterocycles. The number of carbonyl (C=O) groups is 2. The first-order valence-corrected chi connectivity index (χ1v) is 6.56. The van der Waals surface area contributed by atoms with Crippen LogP contribution in [0.4, 0.5) is 10.1 Å². The topological polar surface area (TPSA) is 92.4 Å². The van der Waals surface area contributed by atoms with Crippen molar-refractivity contribution in [3.63, 3.8) is 0 Å². The van der Waals surface area contributed by atoms with Crippen LogP contribution >= 0.6 is 0 Å². The standard InChI is InChI=1S/C14H17FN2O3/c15-9-3-6-12(11(7-9)14(19)20)17-13(18)8-1-4-10(16)5-2-8/h3,6-8,10H,1-2,4-5,16H2,(H,17,18)(H,19,20). The molecule has 1 fully saturated rings. The number of aromatic carboxylic acids is 1. The number of rotatable bonds is 3. The number of anilines is 1. The maximum atomic E-state index is 13.1. The molecule has 1 aromatic carbocycles. The summed E-state index contributed by atoms with van der Waals surface area (Å²) in [6, 6.07) is 3.43. The number of hydrogen-bond acceptors (Lipinski definition) is 3. The Balaban J connectivity index is 2.10. The molecule has 0 aromatic heterocycles. The minimum atomic E-state index is -1.27. The van der Waals surface area contributed by atoms with Crippen molar-refractivity contribution in [2.45, 2.75) is 31.7 Å². The Kier molecular flexibility index (Phi) is 4.34. The van der Waals surface area contributed by atoms with Crippen LogP contribution in [0.3, 0.4) is 0 Å². The normalized spacial score (nSPS) is 22.3. The molecule has 0 heterocycles. The fourth-order valence-corrected chi connectivity index (χ4v) is 2.42. The van der Waals surface area contributed by atoms with E-state index in [1.54, 1.807) is 0 Å². The summed E-state index contributed by atoms with van der Waals surface area (Å²) in [6.07, 6.45) is 2.95. The van der Waals surface area contributed by atoms with E-state index >= 15 is 0 Å². The van der Waals surface area contributed by atoms with Gasteiger partial charge in [0.2, 0.25) is 5.91 Å². The highest BCUT2D eigenvalue weighted by Crippen LogP contribution is 2.25. The summed E-state index contributed by atoms with van der Waals surface area (Å²) in [7, 11) is 0. The summed E-state index contributed by atoms with van der Waals surface area (Å²) in [6.45, 7) is 0. The molecule has 1 aromatic rings. The number of nitrogens with two attached hydrogens (primary N) is 1. The highest BCUT2D eigenvalue weighted by molar-refractivity contribution is 6.01. The monoisotopic (exact) mass is 280 g/mol. The van der Waals surface area contributed by atoms with Crippen molar-refractivity contribution >= 4 is 17.6 Å². The molecule has 0 bridgehead atoms. The molecule has 5 nitrogen and oxygen atoms in total. The SMILES string of the molecule is NC1CCC(C(=O)Nc2ccc(F)cc2C(=O)O)CC1. The number of nitrogens with one attached hydrogen (secondary N) is 1. The van der Waals surface area contributed by atoms with Crippen molar-refractivity contribution in [1.82, 2.24) is 0 Å². The van der Waals surface area contributed by atoms with E-state index in [-0.39, 0.29) is 29.1 Å². The van der Waals surface area contributed by atoms with Gasteiger partial charge in [-0.15, -0.1) is 0 Å². The van der Waals surface area contributed by atoms with Gasteiger partial charge in [-0.2, -0.15) is 0 Å².